The maximum absolute atomic E-state index is 10.5. The molecule has 0 amide bonds. The Morgan fingerprint density at radius 2 is 1.25 bits per heavy atom. The lowest BCUT2D eigenvalue weighted by molar-refractivity contribution is -0.148. The largest absolute Gasteiger partial charge is 0.461 e. The number of hydrogen-bond donors (Lipinski definition) is 0. The molecule has 0 aliphatic carbocycles. The second-order valence-electron chi connectivity index (χ2n) is 1.71. The third kappa shape index (κ3) is 6.60. The highest BCUT2D eigenvalue weighted by atomic mass is 79.9. The minimum absolute atomic E-state index is 0.100. The van der Waals surface area contributed by atoms with Gasteiger partial charge in [0.2, 0.25) is 0 Å². The maximum atomic E-state index is 10.5. The van der Waals surface area contributed by atoms with Gasteiger partial charge in [-0.3, -0.25) is 9.59 Å². The Kier molecular flexibility index (Phi) is 7.48. The van der Waals surface area contributed by atoms with Crippen molar-refractivity contribution in [2.75, 3.05) is 23.9 Å². The predicted molar refractivity (Wildman–Crippen MR) is 49.5 cm³/mol. The topological polar surface area (TPSA) is 52.6 Å². The Balaban J connectivity index is 3.21. The molecule has 12 heavy (non-hydrogen) atoms. The summed E-state index contributed by atoms with van der Waals surface area (Å²) in [6.45, 7) is 0.201. The average Bonchev–Trinajstić information content (AvgIpc) is 2.11. The Morgan fingerprint density at radius 1 is 0.917 bits per heavy atom. The molecular weight excluding hydrogens is 296 g/mol. The van der Waals surface area contributed by atoms with E-state index in [4.69, 9.17) is 0 Å². The van der Waals surface area contributed by atoms with Gasteiger partial charge in [0.05, 0.1) is 0 Å². The molecule has 0 atom stereocenters. The van der Waals surface area contributed by atoms with Gasteiger partial charge in [0.15, 0.2) is 0 Å². The van der Waals surface area contributed by atoms with Gasteiger partial charge in [-0.2, -0.15) is 0 Å². The average molecular weight is 304 g/mol. The molecule has 0 saturated heterocycles. The highest BCUT2D eigenvalue weighted by Gasteiger charge is 2.01. The summed E-state index contributed by atoms with van der Waals surface area (Å²) < 4.78 is 9.22. The number of rotatable bonds is 5. The first-order valence-electron chi connectivity index (χ1n) is 3.14. The molecule has 70 valence electrons. The van der Waals surface area contributed by atoms with Crippen molar-refractivity contribution < 1.29 is 19.1 Å². The van der Waals surface area contributed by atoms with E-state index in [0.29, 0.717) is 0 Å². The van der Waals surface area contributed by atoms with E-state index in [1.54, 1.807) is 0 Å². The summed E-state index contributed by atoms with van der Waals surface area (Å²) in [5.41, 5.74) is 0. The molecule has 4 nitrogen and oxygen atoms in total. The van der Waals surface area contributed by atoms with Gasteiger partial charge in [-0.1, -0.05) is 31.9 Å². The van der Waals surface area contributed by atoms with Gasteiger partial charge < -0.3 is 9.47 Å². The summed E-state index contributed by atoms with van der Waals surface area (Å²) in [5, 5.41) is 0.304. The number of hydrogen-bond acceptors (Lipinski definition) is 4. The van der Waals surface area contributed by atoms with Gasteiger partial charge in [0, 0.05) is 0 Å². The van der Waals surface area contributed by atoms with Gasteiger partial charge in [-0.15, -0.1) is 0 Å². The molecule has 0 aliphatic heterocycles. The minimum atomic E-state index is -0.370. The lowest BCUT2D eigenvalue weighted by atomic mass is 10.7. The number of halogens is 2. The molecule has 0 fully saturated rings. The zero-order valence-corrected chi connectivity index (χ0v) is 9.39. The van der Waals surface area contributed by atoms with E-state index in [1.165, 1.54) is 0 Å². The van der Waals surface area contributed by atoms with E-state index in [9.17, 15) is 9.59 Å². The van der Waals surface area contributed by atoms with Crippen molar-refractivity contribution in [1.29, 1.82) is 0 Å². The zero-order valence-electron chi connectivity index (χ0n) is 6.22. The molecule has 0 radical (unpaired) electrons. The van der Waals surface area contributed by atoms with Gasteiger partial charge >= 0.3 is 11.9 Å². The first-order valence-corrected chi connectivity index (χ1v) is 5.38. The predicted octanol–water partition coefficient (Wildman–Crippen LogP) is 0.863. The molecule has 0 rings (SSSR count). The number of esters is 2. The lowest BCUT2D eigenvalue weighted by Crippen LogP contribution is -2.14. The zero-order chi connectivity index (χ0) is 9.40. The van der Waals surface area contributed by atoms with E-state index in [1.807, 2.05) is 0 Å². The summed E-state index contributed by atoms with van der Waals surface area (Å²) in [6, 6.07) is 0. The van der Waals surface area contributed by atoms with Crippen LogP contribution >= 0.6 is 31.9 Å². The lowest BCUT2D eigenvalue weighted by Gasteiger charge is -2.02. The van der Waals surface area contributed by atoms with Crippen LogP contribution in [-0.2, 0) is 19.1 Å². The second kappa shape index (κ2) is 7.54. The van der Waals surface area contributed by atoms with Gasteiger partial charge in [-0.25, -0.2) is 0 Å². The first-order chi connectivity index (χ1) is 5.70. The van der Waals surface area contributed by atoms with E-state index in [2.05, 4.69) is 41.3 Å². The van der Waals surface area contributed by atoms with E-state index >= 15 is 0 Å². The van der Waals surface area contributed by atoms with E-state index in [0.717, 1.165) is 0 Å². The monoisotopic (exact) mass is 302 g/mol. The summed E-state index contributed by atoms with van der Waals surface area (Å²) in [4.78, 5) is 21.0. The van der Waals surface area contributed by atoms with Crippen molar-refractivity contribution in [2.45, 2.75) is 0 Å². The fraction of sp³-hybridized carbons (Fsp3) is 0.667. The summed E-state index contributed by atoms with van der Waals surface area (Å²) in [6.07, 6.45) is 0. The van der Waals surface area contributed by atoms with Crippen LogP contribution in [0, 0.1) is 0 Å². The van der Waals surface area contributed by atoms with Crippen molar-refractivity contribution >= 4 is 43.8 Å². The third-order valence-corrected chi connectivity index (χ3v) is 1.74. The third-order valence-electron chi connectivity index (χ3n) is 0.828. The molecule has 0 aromatic rings. The van der Waals surface area contributed by atoms with Crippen LogP contribution in [0.15, 0.2) is 0 Å². The number of carbonyl (C=O) groups is 2. The first kappa shape index (κ1) is 11.9. The van der Waals surface area contributed by atoms with Crippen LogP contribution in [0.1, 0.15) is 0 Å². The second-order valence-corrected chi connectivity index (χ2v) is 2.83. The van der Waals surface area contributed by atoms with Crippen LogP contribution < -0.4 is 0 Å². The number of carbonyl (C=O) groups excluding carboxylic acids is 2. The normalized spacial score (nSPS) is 9.17. The SMILES string of the molecule is O=C(CBr)OCCOC(=O)CBr. The highest BCUT2D eigenvalue weighted by Crippen LogP contribution is 1.88. The van der Waals surface area contributed by atoms with Crippen LogP contribution in [0.4, 0.5) is 0 Å². The van der Waals surface area contributed by atoms with Crippen molar-refractivity contribution in [3.05, 3.63) is 0 Å². The number of ether oxygens (including phenoxy) is 2. The molecule has 0 spiro atoms. The van der Waals surface area contributed by atoms with Gasteiger partial charge in [0.1, 0.15) is 23.9 Å². The molecule has 0 bridgehead atoms. The fourth-order valence-electron chi connectivity index (χ4n) is 0.388. The van der Waals surface area contributed by atoms with Crippen molar-refractivity contribution in [3.8, 4) is 0 Å². The fourth-order valence-corrected chi connectivity index (χ4v) is 0.712. The van der Waals surface area contributed by atoms with E-state index in [-0.39, 0.29) is 35.8 Å². The molecule has 0 aliphatic rings. The Bertz CT molecular complexity index is 142. The standard InChI is InChI=1S/C6H8Br2O4/c7-3-5(9)11-1-2-12-6(10)4-8/h1-4H2. The molecule has 0 aromatic carbocycles. The smallest absolute Gasteiger partial charge is 0.316 e. The van der Waals surface area contributed by atoms with Gasteiger partial charge in [0.25, 0.3) is 0 Å². The van der Waals surface area contributed by atoms with Crippen LogP contribution in [-0.4, -0.2) is 35.8 Å². The highest BCUT2D eigenvalue weighted by molar-refractivity contribution is 9.09. The Hall–Kier alpha value is -0.100. The Morgan fingerprint density at radius 3 is 1.50 bits per heavy atom. The summed E-state index contributed by atoms with van der Waals surface area (Å²) in [5.74, 6) is -0.741. The maximum Gasteiger partial charge on any atom is 0.316 e. The van der Waals surface area contributed by atoms with Crippen LogP contribution in [0.5, 0.6) is 0 Å². The van der Waals surface area contributed by atoms with Crippen molar-refractivity contribution in [2.24, 2.45) is 0 Å². The van der Waals surface area contributed by atoms with Crippen LogP contribution in [0.3, 0.4) is 0 Å². The Labute approximate surface area is 86.8 Å². The van der Waals surface area contributed by atoms with Crippen molar-refractivity contribution in [3.63, 3.8) is 0 Å². The minimum Gasteiger partial charge on any atom is -0.461 e. The quantitative estimate of drug-likeness (QED) is 0.429. The molecule has 0 saturated carbocycles. The van der Waals surface area contributed by atoms with Crippen LogP contribution in [0.25, 0.3) is 0 Å². The summed E-state index contributed by atoms with van der Waals surface area (Å²) >= 11 is 5.84. The van der Waals surface area contributed by atoms with Crippen LogP contribution in [0.2, 0.25) is 0 Å². The molecule has 0 heterocycles. The molecule has 0 unspecified atom stereocenters. The molecule has 6 heteroatoms. The molecule has 0 N–H and O–H groups in total. The summed E-state index contributed by atoms with van der Waals surface area (Å²) in [7, 11) is 0. The number of alkyl halides is 2. The molecular formula is C6H8Br2O4. The van der Waals surface area contributed by atoms with Crippen molar-refractivity contribution in [1.82, 2.24) is 0 Å². The molecule has 0 aromatic heterocycles. The van der Waals surface area contributed by atoms with E-state index < -0.39 is 0 Å². The van der Waals surface area contributed by atoms with Gasteiger partial charge in [-0.05, 0) is 0 Å².